The van der Waals surface area contributed by atoms with Gasteiger partial charge in [0.2, 0.25) is 11.8 Å². The molecule has 0 radical (unpaired) electrons. The van der Waals surface area contributed by atoms with Crippen molar-refractivity contribution in [1.82, 2.24) is 0 Å². The number of carbonyl (C=O) groups excluding carboxylic acids is 2. The zero-order chi connectivity index (χ0) is 17.3. The van der Waals surface area contributed by atoms with E-state index in [9.17, 15) is 14.0 Å². The van der Waals surface area contributed by atoms with E-state index in [1.807, 2.05) is 6.92 Å². The number of benzene rings is 2. The predicted octanol–water partition coefficient (Wildman–Crippen LogP) is 3.78. The van der Waals surface area contributed by atoms with E-state index in [1.54, 1.807) is 41.3 Å². The highest BCUT2D eigenvalue weighted by molar-refractivity contribution is 6.30. The highest BCUT2D eigenvalue weighted by atomic mass is 35.5. The first-order valence-corrected chi connectivity index (χ1v) is 7.95. The molecule has 0 aromatic heterocycles. The van der Waals surface area contributed by atoms with Gasteiger partial charge in [-0.05, 0) is 48.9 Å². The van der Waals surface area contributed by atoms with E-state index in [-0.39, 0.29) is 30.5 Å². The molecule has 1 atom stereocenters. The molecule has 124 valence electrons. The molecule has 0 aliphatic carbocycles. The number of hydrogen-bond donors (Lipinski definition) is 1. The lowest BCUT2D eigenvalue weighted by molar-refractivity contribution is -0.122. The molecule has 2 aromatic rings. The molecule has 1 aliphatic heterocycles. The van der Waals surface area contributed by atoms with E-state index in [4.69, 9.17) is 11.6 Å². The second-order valence-electron chi connectivity index (χ2n) is 5.85. The molecule has 6 heteroatoms. The van der Waals surface area contributed by atoms with Gasteiger partial charge in [-0.15, -0.1) is 0 Å². The number of nitrogens with one attached hydrogen (secondary N) is 1. The number of rotatable bonds is 3. The normalized spacial score (nSPS) is 17.2. The van der Waals surface area contributed by atoms with Crippen LogP contribution in [-0.4, -0.2) is 18.4 Å². The summed E-state index contributed by atoms with van der Waals surface area (Å²) in [5.74, 6) is -1.51. The molecule has 0 saturated carbocycles. The Morgan fingerprint density at radius 1 is 1.25 bits per heavy atom. The van der Waals surface area contributed by atoms with Crippen LogP contribution in [0.4, 0.5) is 15.8 Å². The predicted molar refractivity (Wildman–Crippen MR) is 91.7 cm³/mol. The summed E-state index contributed by atoms with van der Waals surface area (Å²) in [6, 6.07) is 11.4. The summed E-state index contributed by atoms with van der Waals surface area (Å²) in [6.07, 6.45) is 0.0991. The van der Waals surface area contributed by atoms with Crippen molar-refractivity contribution >= 4 is 34.8 Å². The van der Waals surface area contributed by atoms with E-state index < -0.39 is 11.7 Å². The molecule has 24 heavy (non-hydrogen) atoms. The third-order valence-electron chi connectivity index (χ3n) is 4.01. The highest BCUT2D eigenvalue weighted by Crippen LogP contribution is 2.27. The van der Waals surface area contributed by atoms with Gasteiger partial charge < -0.3 is 10.2 Å². The third-order valence-corrected chi connectivity index (χ3v) is 4.27. The Labute approximate surface area is 144 Å². The second-order valence-corrected chi connectivity index (χ2v) is 6.29. The molecule has 0 spiro atoms. The van der Waals surface area contributed by atoms with E-state index in [0.717, 1.165) is 5.56 Å². The molecular weight excluding hydrogens is 331 g/mol. The van der Waals surface area contributed by atoms with Gasteiger partial charge in [0.15, 0.2) is 0 Å². The van der Waals surface area contributed by atoms with Gasteiger partial charge >= 0.3 is 0 Å². The number of anilines is 2. The number of hydrogen-bond acceptors (Lipinski definition) is 2. The van der Waals surface area contributed by atoms with Gasteiger partial charge in [-0.3, -0.25) is 9.59 Å². The van der Waals surface area contributed by atoms with Crippen LogP contribution in [-0.2, 0) is 9.59 Å². The Bertz CT molecular complexity index is 792. The minimum atomic E-state index is -0.520. The van der Waals surface area contributed by atoms with Gasteiger partial charge in [0.25, 0.3) is 0 Å². The average Bonchev–Trinajstić information content (AvgIpc) is 2.94. The van der Waals surface area contributed by atoms with Gasteiger partial charge in [-0.1, -0.05) is 17.7 Å². The molecule has 2 amide bonds. The minimum Gasteiger partial charge on any atom is -0.323 e. The Hall–Kier alpha value is -2.40. The molecule has 4 nitrogen and oxygen atoms in total. The molecule has 1 aliphatic rings. The zero-order valence-corrected chi connectivity index (χ0v) is 13.8. The first kappa shape index (κ1) is 16.5. The van der Waals surface area contributed by atoms with Gasteiger partial charge in [-0.25, -0.2) is 4.39 Å². The summed E-state index contributed by atoms with van der Waals surface area (Å²) < 4.78 is 13.8. The van der Waals surface area contributed by atoms with E-state index >= 15 is 0 Å². The lowest BCUT2D eigenvalue weighted by atomic mass is 10.1. The van der Waals surface area contributed by atoms with Gasteiger partial charge in [0.05, 0.1) is 11.6 Å². The van der Waals surface area contributed by atoms with E-state index in [0.29, 0.717) is 10.7 Å². The van der Waals surface area contributed by atoms with Gasteiger partial charge in [0, 0.05) is 23.7 Å². The van der Waals surface area contributed by atoms with Crippen LogP contribution in [0.5, 0.6) is 0 Å². The maximum absolute atomic E-state index is 13.8. The van der Waals surface area contributed by atoms with Crippen LogP contribution in [0.15, 0.2) is 42.5 Å². The van der Waals surface area contributed by atoms with E-state index in [1.165, 1.54) is 6.07 Å². The quantitative estimate of drug-likeness (QED) is 0.919. The van der Waals surface area contributed by atoms with Crippen molar-refractivity contribution in [2.45, 2.75) is 13.3 Å². The first-order chi connectivity index (χ1) is 11.4. The van der Waals surface area contributed by atoms with Crippen LogP contribution in [0.2, 0.25) is 5.02 Å². The SMILES string of the molecule is Cc1ccc(F)c(NC(=O)[C@@H]2CC(=O)N(c3ccc(Cl)cc3)C2)c1. The molecular formula is C18H16ClFN2O2. The fourth-order valence-corrected chi connectivity index (χ4v) is 2.85. The van der Waals surface area contributed by atoms with Crippen molar-refractivity contribution < 1.29 is 14.0 Å². The van der Waals surface area contributed by atoms with Crippen LogP contribution in [0.3, 0.4) is 0 Å². The van der Waals surface area contributed by atoms with Crippen LogP contribution in [0.25, 0.3) is 0 Å². The monoisotopic (exact) mass is 346 g/mol. The Balaban J connectivity index is 1.72. The average molecular weight is 347 g/mol. The van der Waals surface area contributed by atoms with Crippen LogP contribution < -0.4 is 10.2 Å². The van der Waals surface area contributed by atoms with Crippen LogP contribution >= 0.6 is 11.6 Å². The number of halogens is 2. The van der Waals surface area contributed by atoms with Crippen molar-refractivity contribution in [3.05, 3.63) is 58.9 Å². The van der Waals surface area contributed by atoms with Crippen molar-refractivity contribution in [3.8, 4) is 0 Å². The summed E-state index contributed by atoms with van der Waals surface area (Å²) in [7, 11) is 0. The largest absolute Gasteiger partial charge is 0.323 e. The van der Waals surface area contributed by atoms with Crippen LogP contribution in [0, 0.1) is 18.7 Å². The summed E-state index contributed by atoms with van der Waals surface area (Å²) in [6.45, 7) is 2.08. The zero-order valence-electron chi connectivity index (χ0n) is 13.1. The van der Waals surface area contributed by atoms with Crippen LogP contribution in [0.1, 0.15) is 12.0 Å². The maximum atomic E-state index is 13.8. The summed E-state index contributed by atoms with van der Waals surface area (Å²) in [4.78, 5) is 26.1. The molecule has 0 unspecified atom stereocenters. The Morgan fingerprint density at radius 3 is 2.67 bits per heavy atom. The lowest BCUT2D eigenvalue weighted by Crippen LogP contribution is -2.28. The van der Waals surface area contributed by atoms with E-state index in [2.05, 4.69) is 5.32 Å². The number of amides is 2. The molecule has 1 N–H and O–H groups in total. The minimum absolute atomic E-state index is 0.0991. The summed E-state index contributed by atoms with van der Waals surface area (Å²) in [5.41, 5.74) is 1.68. The maximum Gasteiger partial charge on any atom is 0.229 e. The van der Waals surface area contributed by atoms with Crippen molar-refractivity contribution in [2.75, 3.05) is 16.8 Å². The molecule has 1 heterocycles. The fourth-order valence-electron chi connectivity index (χ4n) is 2.72. The molecule has 1 fully saturated rings. The van der Waals surface area contributed by atoms with Gasteiger partial charge in [0.1, 0.15) is 5.82 Å². The van der Waals surface area contributed by atoms with Gasteiger partial charge in [-0.2, -0.15) is 0 Å². The second kappa shape index (κ2) is 6.61. The van der Waals surface area contributed by atoms with Crippen molar-refractivity contribution in [2.24, 2.45) is 5.92 Å². The third kappa shape index (κ3) is 3.41. The Kier molecular flexibility index (Phi) is 4.53. The number of carbonyl (C=O) groups is 2. The van der Waals surface area contributed by atoms with Crippen molar-refractivity contribution in [3.63, 3.8) is 0 Å². The van der Waals surface area contributed by atoms with Crippen molar-refractivity contribution in [1.29, 1.82) is 0 Å². The Morgan fingerprint density at radius 2 is 1.96 bits per heavy atom. The molecule has 0 bridgehead atoms. The first-order valence-electron chi connectivity index (χ1n) is 7.57. The summed E-state index contributed by atoms with van der Waals surface area (Å²) in [5, 5.41) is 3.16. The standard InChI is InChI=1S/C18H16ClFN2O2/c1-11-2-7-15(20)16(8-11)21-18(24)12-9-17(23)22(10-12)14-5-3-13(19)4-6-14/h2-8,12H,9-10H2,1H3,(H,21,24)/t12-/m1/s1. The smallest absolute Gasteiger partial charge is 0.229 e. The topological polar surface area (TPSA) is 49.4 Å². The highest BCUT2D eigenvalue weighted by Gasteiger charge is 2.35. The summed E-state index contributed by atoms with van der Waals surface area (Å²) >= 11 is 5.85. The number of aryl methyl sites for hydroxylation is 1. The fraction of sp³-hybridized carbons (Fsp3) is 0.222. The lowest BCUT2D eigenvalue weighted by Gasteiger charge is -2.17. The molecule has 1 saturated heterocycles. The number of nitrogens with zero attached hydrogens (tertiary/aromatic N) is 1. The molecule has 2 aromatic carbocycles. The molecule has 3 rings (SSSR count).